The Morgan fingerprint density at radius 3 is 2.92 bits per heavy atom. The van der Waals surface area contributed by atoms with Gasteiger partial charge in [0.25, 0.3) is 0 Å². The van der Waals surface area contributed by atoms with Crippen molar-refractivity contribution < 1.29 is 9.90 Å². The Kier molecular flexibility index (Phi) is 5.56. The molecule has 0 atom stereocenters. The van der Waals surface area contributed by atoms with Crippen molar-refractivity contribution in [2.45, 2.75) is 19.4 Å². The Labute approximate surface area is 142 Å². The van der Waals surface area contributed by atoms with Gasteiger partial charge in [0.1, 0.15) is 0 Å². The molecule has 1 N–H and O–H groups in total. The van der Waals surface area contributed by atoms with Crippen LogP contribution in [0.1, 0.15) is 17.5 Å². The van der Waals surface area contributed by atoms with Crippen molar-refractivity contribution in [1.82, 2.24) is 9.88 Å². The number of hydrogen-bond donors (Lipinski definition) is 1. The third-order valence-corrected chi connectivity index (χ3v) is 4.32. The summed E-state index contributed by atoms with van der Waals surface area (Å²) in [6.07, 6.45) is 5.54. The van der Waals surface area contributed by atoms with E-state index in [1.165, 1.54) is 5.56 Å². The van der Waals surface area contributed by atoms with Crippen LogP contribution in [0.15, 0.2) is 48.8 Å². The van der Waals surface area contributed by atoms with Crippen molar-refractivity contribution in [2.75, 3.05) is 31.1 Å². The smallest absolute Gasteiger partial charge is 0.241 e. The number of aliphatic hydroxyl groups is 1. The first-order chi connectivity index (χ1) is 11.8. The van der Waals surface area contributed by atoms with Gasteiger partial charge >= 0.3 is 0 Å². The van der Waals surface area contributed by atoms with Crippen LogP contribution in [0, 0.1) is 0 Å². The van der Waals surface area contributed by atoms with Gasteiger partial charge in [0.2, 0.25) is 5.91 Å². The van der Waals surface area contributed by atoms with E-state index in [1.54, 1.807) is 12.4 Å². The van der Waals surface area contributed by atoms with Gasteiger partial charge in [0, 0.05) is 37.7 Å². The van der Waals surface area contributed by atoms with E-state index in [9.17, 15) is 9.90 Å². The van der Waals surface area contributed by atoms with Crippen molar-refractivity contribution in [1.29, 1.82) is 0 Å². The molecule has 0 bridgehead atoms. The van der Waals surface area contributed by atoms with Gasteiger partial charge in [-0.3, -0.25) is 14.7 Å². The van der Waals surface area contributed by atoms with Crippen LogP contribution >= 0.6 is 0 Å². The Morgan fingerprint density at radius 2 is 2.12 bits per heavy atom. The average Bonchev–Trinajstić information content (AvgIpc) is 2.62. The first-order valence-electron chi connectivity index (χ1n) is 8.38. The van der Waals surface area contributed by atoms with Crippen LogP contribution in [0.2, 0.25) is 0 Å². The van der Waals surface area contributed by atoms with Crippen LogP contribution in [0.5, 0.6) is 0 Å². The number of hydrogen-bond acceptors (Lipinski definition) is 4. The number of nitrogens with zero attached hydrogens (tertiary/aromatic N) is 3. The summed E-state index contributed by atoms with van der Waals surface area (Å²) in [6.45, 7) is 2.16. The molecule has 2 heterocycles. The van der Waals surface area contributed by atoms with Gasteiger partial charge in [0.05, 0.1) is 13.2 Å². The quantitative estimate of drug-likeness (QED) is 0.881. The molecule has 126 valence electrons. The summed E-state index contributed by atoms with van der Waals surface area (Å²) >= 11 is 0. The molecule has 5 heteroatoms. The monoisotopic (exact) mass is 325 g/mol. The minimum atomic E-state index is 0.0319. The molecule has 0 aliphatic carbocycles. The lowest BCUT2D eigenvalue weighted by atomic mass is 10.0. The van der Waals surface area contributed by atoms with Gasteiger partial charge in [-0.05, 0) is 36.1 Å². The minimum absolute atomic E-state index is 0.0319. The zero-order chi connectivity index (χ0) is 16.8. The zero-order valence-corrected chi connectivity index (χ0v) is 13.8. The molecule has 2 aromatic rings. The van der Waals surface area contributed by atoms with Gasteiger partial charge < -0.3 is 10.0 Å². The highest BCUT2D eigenvalue weighted by Crippen LogP contribution is 2.26. The van der Waals surface area contributed by atoms with E-state index in [2.05, 4.69) is 11.1 Å². The second-order valence-electron chi connectivity index (χ2n) is 6.07. The van der Waals surface area contributed by atoms with Gasteiger partial charge in [0.15, 0.2) is 0 Å². The lowest BCUT2D eigenvalue weighted by Gasteiger charge is -2.31. The lowest BCUT2D eigenvalue weighted by Crippen LogP contribution is -2.43. The number of rotatable bonds is 6. The minimum Gasteiger partial charge on any atom is -0.395 e. The molecule has 1 aliphatic rings. The summed E-state index contributed by atoms with van der Waals surface area (Å²) in [5, 5.41) is 9.31. The average molecular weight is 325 g/mol. The Balaban J connectivity index is 1.70. The van der Waals surface area contributed by atoms with Gasteiger partial charge in [-0.25, -0.2) is 0 Å². The number of carbonyl (C=O) groups is 1. The molecule has 0 saturated carbocycles. The number of anilines is 1. The molecule has 0 radical (unpaired) electrons. The van der Waals surface area contributed by atoms with Crippen LogP contribution in [-0.4, -0.2) is 47.1 Å². The number of aromatic nitrogens is 1. The zero-order valence-electron chi connectivity index (χ0n) is 13.8. The lowest BCUT2D eigenvalue weighted by molar-refractivity contribution is -0.120. The normalized spacial score (nSPS) is 13.8. The fourth-order valence-electron chi connectivity index (χ4n) is 3.17. The van der Waals surface area contributed by atoms with Crippen LogP contribution in [-0.2, 0) is 17.8 Å². The van der Waals surface area contributed by atoms with E-state index in [0.717, 1.165) is 30.6 Å². The molecule has 3 rings (SSSR count). The highest BCUT2D eigenvalue weighted by Gasteiger charge is 2.23. The molecule has 1 aromatic carbocycles. The summed E-state index contributed by atoms with van der Waals surface area (Å²) in [5.74, 6) is 0.0829. The SMILES string of the molecule is O=C(CN(CCO)Cc1cccnc1)N1CCCc2ccccc21. The van der Waals surface area contributed by atoms with Crippen molar-refractivity contribution in [3.63, 3.8) is 0 Å². The largest absolute Gasteiger partial charge is 0.395 e. The molecule has 24 heavy (non-hydrogen) atoms. The topological polar surface area (TPSA) is 56.7 Å². The first kappa shape index (κ1) is 16.6. The number of amides is 1. The fraction of sp³-hybridized carbons (Fsp3) is 0.368. The number of aryl methyl sites for hydroxylation is 1. The standard InChI is InChI=1S/C19H23N3O2/c23-12-11-21(14-16-5-3-9-20-13-16)15-19(24)22-10-4-7-17-6-1-2-8-18(17)22/h1-3,5-6,8-9,13,23H,4,7,10-12,14-15H2. The van der Waals surface area contributed by atoms with E-state index < -0.39 is 0 Å². The van der Waals surface area contributed by atoms with E-state index in [0.29, 0.717) is 19.6 Å². The maximum absolute atomic E-state index is 12.8. The highest BCUT2D eigenvalue weighted by molar-refractivity contribution is 5.95. The second kappa shape index (κ2) is 8.04. The second-order valence-corrected chi connectivity index (χ2v) is 6.07. The summed E-state index contributed by atoms with van der Waals surface area (Å²) < 4.78 is 0. The third-order valence-electron chi connectivity index (χ3n) is 4.32. The number of aliphatic hydroxyl groups excluding tert-OH is 1. The van der Waals surface area contributed by atoms with E-state index in [4.69, 9.17) is 0 Å². The highest BCUT2D eigenvalue weighted by atomic mass is 16.3. The fourth-order valence-corrected chi connectivity index (χ4v) is 3.17. The Hall–Kier alpha value is -2.24. The predicted molar refractivity (Wildman–Crippen MR) is 93.7 cm³/mol. The molecule has 0 unspecified atom stereocenters. The molecule has 5 nitrogen and oxygen atoms in total. The van der Waals surface area contributed by atoms with E-state index in [-0.39, 0.29) is 12.5 Å². The van der Waals surface area contributed by atoms with Crippen molar-refractivity contribution in [3.8, 4) is 0 Å². The van der Waals surface area contributed by atoms with E-state index in [1.807, 2.05) is 40.1 Å². The molecule has 0 spiro atoms. The molecule has 1 amide bonds. The maximum atomic E-state index is 12.8. The molecule has 0 saturated heterocycles. The van der Waals surface area contributed by atoms with E-state index >= 15 is 0 Å². The number of pyridine rings is 1. The van der Waals surface area contributed by atoms with Crippen molar-refractivity contribution in [2.24, 2.45) is 0 Å². The molecular weight excluding hydrogens is 302 g/mol. The third kappa shape index (κ3) is 3.99. The Bertz CT molecular complexity index is 675. The summed E-state index contributed by atoms with van der Waals surface area (Å²) in [4.78, 5) is 20.8. The number of para-hydroxylation sites is 1. The summed E-state index contributed by atoms with van der Waals surface area (Å²) in [5.41, 5.74) is 3.30. The van der Waals surface area contributed by atoms with Gasteiger partial charge in [-0.1, -0.05) is 24.3 Å². The maximum Gasteiger partial charge on any atom is 0.241 e. The van der Waals surface area contributed by atoms with Gasteiger partial charge in [-0.2, -0.15) is 0 Å². The molecule has 1 aromatic heterocycles. The van der Waals surface area contributed by atoms with Crippen molar-refractivity contribution >= 4 is 11.6 Å². The molecular formula is C19H23N3O2. The predicted octanol–water partition coefficient (Wildman–Crippen LogP) is 1.86. The number of fused-ring (bicyclic) bond motifs is 1. The van der Waals surface area contributed by atoms with Crippen LogP contribution in [0.25, 0.3) is 0 Å². The summed E-state index contributed by atoms with van der Waals surface area (Å²) in [6, 6.07) is 12.0. The van der Waals surface area contributed by atoms with Gasteiger partial charge in [-0.15, -0.1) is 0 Å². The molecule has 1 aliphatic heterocycles. The number of carbonyl (C=O) groups excluding carboxylic acids is 1. The van der Waals surface area contributed by atoms with Crippen molar-refractivity contribution in [3.05, 3.63) is 59.9 Å². The number of benzene rings is 1. The van der Waals surface area contributed by atoms with Crippen LogP contribution in [0.4, 0.5) is 5.69 Å². The van der Waals surface area contributed by atoms with Crippen LogP contribution in [0.3, 0.4) is 0 Å². The first-order valence-corrected chi connectivity index (χ1v) is 8.38. The summed E-state index contributed by atoms with van der Waals surface area (Å²) in [7, 11) is 0. The Morgan fingerprint density at radius 1 is 1.25 bits per heavy atom. The van der Waals surface area contributed by atoms with Crippen LogP contribution < -0.4 is 4.90 Å². The molecule has 0 fully saturated rings.